The Morgan fingerprint density at radius 3 is 2.35 bits per heavy atom. The van der Waals surface area contributed by atoms with E-state index >= 15 is 0 Å². The lowest BCUT2D eigenvalue weighted by Crippen LogP contribution is -2.40. The Balaban J connectivity index is 1.99. The molecule has 1 saturated heterocycles. The van der Waals surface area contributed by atoms with Crippen molar-refractivity contribution in [2.24, 2.45) is 0 Å². The molecule has 1 aliphatic heterocycles. The molecule has 186 valence electrons. The van der Waals surface area contributed by atoms with Gasteiger partial charge in [-0.1, -0.05) is 44.9 Å². The average molecular weight is 468 g/mol. The molecular weight excluding hydrogens is 426 g/mol. The minimum atomic E-state index is -0.839. The highest BCUT2D eigenvalue weighted by Gasteiger charge is 2.34. The first-order valence-corrected chi connectivity index (χ1v) is 13.1. The topological polar surface area (TPSA) is 62.6 Å². The molecule has 6 nitrogen and oxygen atoms in total. The minimum Gasteiger partial charge on any atom is -0.342 e. The van der Waals surface area contributed by atoms with E-state index in [-0.39, 0.29) is 23.5 Å². The predicted molar refractivity (Wildman–Crippen MR) is 137 cm³/mol. The largest absolute Gasteiger partial charge is 0.342 e. The van der Waals surface area contributed by atoms with E-state index in [0.29, 0.717) is 32.5 Å². The summed E-state index contributed by atoms with van der Waals surface area (Å²) in [6.45, 7) is 10.7. The molecule has 2 amide bonds. The van der Waals surface area contributed by atoms with Gasteiger partial charge in [-0.2, -0.15) is 0 Å². The van der Waals surface area contributed by atoms with E-state index in [0.717, 1.165) is 55.1 Å². The van der Waals surface area contributed by atoms with Crippen molar-refractivity contribution < 1.29 is 14.4 Å². The predicted octanol–water partition coefficient (Wildman–Crippen LogP) is 5.32. The molecule has 0 saturated carbocycles. The van der Waals surface area contributed by atoms with Crippen LogP contribution in [0.3, 0.4) is 0 Å². The van der Waals surface area contributed by atoms with E-state index in [2.05, 4.69) is 19.9 Å². The molecule has 34 heavy (non-hydrogen) atoms. The van der Waals surface area contributed by atoms with Crippen LogP contribution in [0.25, 0.3) is 10.9 Å². The third-order valence-corrected chi connectivity index (χ3v) is 7.17. The lowest BCUT2D eigenvalue weighted by molar-refractivity contribution is -0.140. The average Bonchev–Trinajstić information content (AvgIpc) is 3.48. The number of rotatable bonds is 12. The normalized spacial score (nSPS) is 16.7. The van der Waals surface area contributed by atoms with Gasteiger partial charge in [0.15, 0.2) is 11.8 Å². The molecule has 1 aliphatic rings. The molecule has 2 unspecified atom stereocenters. The monoisotopic (exact) mass is 467 g/mol. The number of aromatic nitrogens is 1. The lowest BCUT2D eigenvalue weighted by atomic mass is 9.98. The van der Waals surface area contributed by atoms with Gasteiger partial charge in [0.05, 0.1) is 0 Å². The number of nitrogens with zero attached hydrogens (tertiary/aromatic N) is 3. The van der Waals surface area contributed by atoms with E-state index in [9.17, 15) is 14.4 Å². The van der Waals surface area contributed by atoms with Gasteiger partial charge < -0.3 is 14.4 Å². The van der Waals surface area contributed by atoms with Gasteiger partial charge in [0.2, 0.25) is 5.91 Å². The fourth-order valence-electron chi connectivity index (χ4n) is 5.11. The smallest absolute Gasteiger partial charge is 0.253 e. The van der Waals surface area contributed by atoms with Crippen molar-refractivity contribution in [1.29, 1.82) is 0 Å². The van der Waals surface area contributed by atoms with Crippen LogP contribution in [0.2, 0.25) is 0 Å². The Kier molecular flexibility index (Phi) is 9.31. The van der Waals surface area contributed by atoms with Gasteiger partial charge in [-0.3, -0.25) is 14.4 Å². The van der Waals surface area contributed by atoms with Crippen molar-refractivity contribution in [2.45, 2.75) is 84.6 Å². The summed E-state index contributed by atoms with van der Waals surface area (Å²) in [6.07, 6.45) is 7.59. The number of likely N-dealkylation sites (tertiary alicyclic amines) is 1. The van der Waals surface area contributed by atoms with Crippen LogP contribution in [-0.2, 0) is 14.4 Å². The van der Waals surface area contributed by atoms with Crippen molar-refractivity contribution in [3.8, 4) is 0 Å². The van der Waals surface area contributed by atoms with E-state index in [1.165, 1.54) is 0 Å². The standard InChI is InChI=1S/C28H41N3O3/c1-5-9-15-25(32)27(28(34)29(7-3)8-4)31-20-23(22-13-11-12-14-24(22)31)21-17-18-30(19-21)26(33)16-10-6-2/h11-14,20-21,27H,5-10,15-19H2,1-4H3. The summed E-state index contributed by atoms with van der Waals surface area (Å²) in [7, 11) is 0. The highest BCUT2D eigenvalue weighted by molar-refractivity contribution is 6.05. The van der Waals surface area contributed by atoms with Crippen LogP contribution >= 0.6 is 0 Å². The SMILES string of the molecule is CCCCC(=O)C(C(=O)N(CC)CC)n1cc(C2CCN(C(=O)CCCC)C2)c2ccccc21. The van der Waals surface area contributed by atoms with Gasteiger partial charge in [-0.15, -0.1) is 0 Å². The third-order valence-electron chi connectivity index (χ3n) is 7.17. The number of carbonyl (C=O) groups excluding carboxylic acids is 3. The first-order valence-electron chi connectivity index (χ1n) is 13.1. The number of Topliss-reactive ketones (excluding diaryl/α,β-unsaturated/α-hetero) is 1. The maximum Gasteiger partial charge on any atom is 0.253 e. The zero-order valence-corrected chi connectivity index (χ0v) is 21.4. The highest BCUT2D eigenvalue weighted by atomic mass is 16.2. The summed E-state index contributed by atoms with van der Waals surface area (Å²) < 4.78 is 1.92. The van der Waals surface area contributed by atoms with Crippen molar-refractivity contribution in [3.05, 3.63) is 36.0 Å². The van der Waals surface area contributed by atoms with Crippen LogP contribution in [0, 0.1) is 0 Å². The quantitative estimate of drug-likeness (QED) is 0.397. The Hall–Kier alpha value is -2.63. The first-order chi connectivity index (χ1) is 16.5. The molecular formula is C28H41N3O3. The number of benzene rings is 1. The number of fused-ring (bicyclic) bond motifs is 1. The number of para-hydroxylation sites is 1. The van der Waals surface area contributed by atoms with Crippen LogP contribution in [-0.4, -0.2) is 58.1 Å². The van der Waals surface area contributed by atoms with Crippen molar-refractivity contribution in [2.75, 3.05) is 26.2 Å². The molecule has 1 fully saturated rings. The van der Waals surface area contributed by atoms with Gasteiger partial charge in [0, 0.05) is 62.0 Å². The molecule has 2 atom stereocenters. The summed E-state index contributed by atoms with van der Waals surface area (Å²) in [4.78, 5) is 43.3. The molecule has 2 heterocycles. The summed E-state index contributed by atoms with van der Waals surface area (Å²) in [5, 5.41) is 1.08. The number of hydrogen-bond donors (Lipinski definition) is 0. The second-order valence-corrected chi connectivity index (χ2v) is 9.42. The molecule has 0 N–H and O–H groups in total. The zero-order valence-electron chi connectivity index (χ0n) is 21.4. The fourth-order valence-corrected chi connectivity index (χ4v) is 5.11. The van der Waals surface area contributed by atoms with Crippen LogP contribution in [0.15, 0.2) is 30.5 Å². The summed E-state index contributed by atoms with van der Waals surface area (Å²) >= 11 is 0. The molecule has 0 radical (unpaired) electrons. The lowest BCUT2D eigenvalue weighted by Gasteiger charge is -2.26. The van der Waals surface area contributed by atoms with Gasteiger partial charge in [0.25, 0.3) is 5.91 Å². The van der Waals surface area contributed by atoms with Crippen molar-refractivity contribution in [1.82, 2.24) is 14.4 Å². The summed E-state index contributed by atoms with van der Waals surface area (Å²) in [6, 6.07) is 7.22. The number of ketones is 1. The highest BCUT2D eigenvalue weighted by Crippen LogP contribution is 2.36. The number of unbranched alkanes of at least 4 members (excludes halogenated alkanes) is 2. The molecule has 0 aliphatic carbocycles. The van der Waals surface area contributed by atoms with Gasteiger partial charge in [0.1, 0.15) is 0 Å². The van der Waals surface area contributed by atoms with E-state index in [1.807, 2.05) is 47.7 Å². The maximum absolute atomic E-state index is 13.6. The van der Waals surface area contributed by atoms with Gasteiger partial charge in [-0.25, -0.2) is 0 Å². The summed E-state index contributed by atoms with van der Waals surface area (Å²) in [5.74, 6) is 0.305. The van der Waals surface area contributed by atoms with Gasteiger partial charge >= 0.3 is 0 Å². The second kappa shape index (κ2) is 12.2. The fraction of sp³-hybridized carbons (Fsp3) is 0.607. The number of likely N-dealkylation sites (N-methyl/N-ethyl adjacent to an activating group) is 1. The van der Waals surface area contributed by atoms with Crippen LogP contribution < -0.4 is 0 Å². The molecule has 0 bridgehead atoms. The van der Waals surface area contributed by atoms with Gasteiger partial charge in [-0.05, 0) is 44.7 Å². The molecule has 0 spiro atoms. The third kappa shape index (κ3) is 5.53. The Labute approximate surface area is 204 Å². The van der Waals surface area contributed by atoms with E-state index in [4.69, 9.17) is 0 Å². The second-order valence-electron chi connectivity index (χ2n) is 9.42. The Bertz CT molecular complexity index is 992. The van der Waals surface area contributed by atoms with E-state index in [1.54, 1.807) is 4.90 Å². The molecule has 3 rings (SSSR count). The first kappa shape index (κ1) is 26.0. The van der Waals surface area contributed by atoms with E-state index < -0.39 is 6.04 Å². The Morgan fingerprint density at radius 2 is 1.68 bits per heavy atom. The molecule has 1 aromatic heterocycles. The molecule has 1 aromatic carbocycles. The van der Waals surface area contributed by atoms with Crippen LogP contribution in [0.4, 0.5) is 0 Å². The summed E-state index contributed by atoms with van der Waals surface area (Å²) in [5.41, 5.74) is 2.06. The van der Waals surface area contributed by atoms with Crippen molar-refractivity contribution >= 4 is 28.5 Å². The molecule has 2 aromatic rings. The van der Waals surface area contributed by atoms with Crippen LogP contribution in [0.1, 0.15) is 90.2 Å². The zero-order chi connectivity index (χ0) is 24.7. The van der Waals surface area contributed by atoms with Crippen LogP contribution in [0.5, 0.6) is 0 Å². The maximum atomic E-state index is 13.6. The minimum absolute atomic E-state index is 0.0196. The van der Waals surface area contributed by atoms with Crippen molar-refractivity contribution in [3.63, 3.8) is 0 Å². The Morgan fingerprint density at radius 1 is 1.00 bits per heavy atom. The number of hydrogen-bond acceptors (Lipinski definition) is 3. The molecule has 6 heteroatoms. The number of amides is 2. The number of carbonyl (C=O) groups is 3.